The average molecular weight is 363 g/mol. The van der Waals surface area contributed by atoms with Crippen molar-refractivity contribution in [2.75, 3.05) is 13.1 Å². The van der Waals surface area contributed by atoms with Gasteiger partial charge < -0.3 is 9.64 Å². The van der Waals surface area contributed by atoms with Crippen molar-refractivity contribution in [1.29, 1.82) is 0 Å². The van der Waals surface area contributed by atoms with E-state index in [9.17, 15) is 9.59 Å². The van der Waals surface area contributed by atoms with Crippen molar-refractivity contribution in [2.45, 2.75) is 26.0 Å². The number of aromatic nitrogens is 2. The Morgan fingerprint density at radius 2 is 1.89 bits per heavy atom. The minimum atomic E-state index is -0.195. The van der Waals surface area contributed by atoms with Gasteiger partial charge in [0, 0.05) is 0 Å². The molecule has 0 aliphatic carbocycles. The Bertz CT molecular complexity index is 1040. The van der Waals surface area contributed by atoms with Gasteiger partial charge in [-0.2, -0.15) is 0 Å². The van der Waals surface area contributed by atoms with Gasteiger partial charge in [0.25, 0.3) is 5.56 Å². The molecule has 6 heteroatoms. The second kappa shape index (κ2) is 7.23. The summed E-state index contributed by atoms with van der Waals surface area (Å²) in [6.45, 7) is 3.16. The third-order valence-corrected chi connectivity index (χ3v) is 4.89. The Morgan fingerprint density at radius 1 is 1.15 bits per heavy atom. The first-order valence-corrected chi connectivity index (χ1v) is 9.12. The predicted octanol–water partition coefficient (Wildman–Crippen LogP) is 2.25. The zero-order valence-electron chi connectivity index (χ0n) is 15.2. The lowest BCUT2D eigenvalue weighted by Gasteiger charge is -2.39. The van der Waals surface area contributed by atoms with Gasteiger partial charge >= 0.3 is 0 Å². The fraction of sp³-hybridized carbons (Fsp3) is 0.286. The normalized spacial score (nSPS) is 14.2. The van der Waals surface area contributed by atoms with E-state index >= 15 is 0 Å². The molecule has 1 aliphatic heterocycles. The van der Waals surface area contributed by atoms with Crippen molar-refractivity contribution >= 4 is 16.8 Å². The van der Waals surface area contributed by atoms with Gasteiger partial charge in [0.15, 0.2) is 0 Å². The van der Waals surface area contributed by atoms with E-state index in [1.807, 2.05) is 24.3 Å². The molecule has 6 nitrogen and oxygen atoms in total. The first-order chi connectivity index (χ1) is 13.2. The van der Waals surface area contributed by atoms with E-state index in [4.69, 9.17) is 4.74 Å². The zero-order chi connectivity index (χ0) is 18.8. The molecular weight excluding hydrogens is 342 g/mol. The summed E-state index contributed by atoms with van der Waals surface area (Å²) in [7, 11) is 0. The van der Waals surface area contributed by atoms with Gasteiger partial charge in [-0.25, -0.2) is 4.98 Å². The molecule has 0 radical (unpaired) electrons. The van der Waals surface area contributed by atoms with Gasteiger partial charge in [-0.1, -0.05) is 37.3 Å². The first-order valence-electron chi connectivity index (χ1n) is 9.12. The largest absolute Gasteiger partial charge is 0.486 e. The number of hydrogen-bond donors (Lipinski definition) is 0. The number of aryl methyl sites for hydroxylation is 1. The fourth-order valence-corrected chi connectivity index (χ4v) is 3.27. The summed E-state index contributed by atoms with van der Waals surface area (Å²) < 4.78 is 7.38. The highest BCUT2D eigenvalue weighted by Gasteiger charge is 2.32. The van der Waals surface area contributed by atoms with Crippen LogP contribution in [0.5, 0.6) is 5.75 Å². The summed E-state index contributed by atoms with van der Waals surface area (Å²) in [5.41, 5.74) is 1.61. The molecule has 1 aliphatic rings. The zero-order valence-corrected chi connectivity index (χ0v) is 15.2. The summed E-state index contributed by atoms with van der Waals surface area (Å²) in [5.74, 6) is 0.782. The molecule has 1 fully saturated rings. The van der Waals surface area contributed by atoms with E-state index in [0.29, 0.717) is 24.0 Å². The third kappa shape index (κ3) is 3.43. The maximum absolute atomic E-state index is 12.5. The number of likely N-dealkylation sites (tertiary alicyclic amines) is 1. The maximum Gasteiger partial charge on any atom is 0.261 e. The number of carbonyl (C=O) groups excluding carboxylic acids is 1. The molecule has 0 saturated carbocycles. The predicted molar refractivity (Wildman–Crippen MR) is 103 cm³/mol. The quantitative estimate of drug-likeness (QED) is 0.697. The van der Waals surface area contributed by atoms with E-state index in [2.05, 4.69) is 18.0 Å². The molecule has 0 atom stereocenters. The van der Waals surface area contributed by atoms with Crippen molar-refractivity contribution in [3.05, 3.63) is 70.8 Å². The Hall–Kier alpha value is -3.15. The van der Waals surface area contributed by atoms with Crippen LogP contribution < -0.4 is 10.3 Å². The van der Waals surface area contributed by atoms with Crippen LogP contribution in [0.25, 0.3) is 10.9 Å². The van der Waals surface area contributed by atoms with Gasteiger partial charge in [-0.15, -0.1) is 0 Å². The maximum atomic E-state index is 12.5. The monoisotopic (exact) mass is 363 g/mol. The molecule has 138 valence electrons. The van der Waals surface area contributed by atoms with Gasteiger partial charge in [-0.05, 0) is 30.2 Å². The first kappa shape index (κ1) is 17.3. The van der Waals surface area contributed by atoms with Crippen molar-refractivity contribution < 1.29 is 9.53 Å². The number of para-hydroxylation sites is 2. The van der Waals surface area contributed by atoms with Crippen molar-refractivity contribution in [1.82, 2.24) is 14.5 Å². The number of carbonyl (C=O) groups is 1. The van der Waals surface area contributed by atoms with Gasteiger partial charge in [-0.3, -0.25) is 14.2 Å². The molecule has 2 aromatic carbocycles. The summed E-state index contributed by atoms with van der Waals surface area (Å²) in [5, 5.41) is 0.522. The van der Waals surface area contributed by atoms with Crippen LogP contribution in [0.1, 0.15) is 12.5 Å². The number of amides is 1. The van der Waals surface area contributed by atoms with E-state index < -0.39 is 0 Å². The summed E-state index contributed by atoms with van der Waals surface area (Å²) in [4.78, 5) is 30.9. The van der Waals surface area contributed by atoms with Crippen LogP contribution in [0.2, 0.25) is 0 Å². The lowest BCUT2D eigenvalue weighted by Crippen LogP contribution is -2.57. The number of nitrogens with zero attached hydrogens (tertiary/aromatic N) is 3. The molecule has 0 unspecified atom stereocenters. The Balaban J connectivity index is 1.38. The Morgan fingerprint density at radius 3 is 2.70 bits per heavy atom. The van der Waals surface area contributed by atoms with Gasteiger partial charge in [0.1, 0.15) is 18.4 Å². The molecule has 4 rings (SSSR count). The number of hydrogen-bond acceptors (Lipinski definition) is 4. The van der Waals surface area contributed by atoms with Crippen molar-refractivity contribution in [3.8, 4) is 5.75 Å². The molecule has 0 N–H and O–H groups in total. The molecule has 3 aromatic rings. The lowest BCUT2D eigenvalue weighted by molar-refractivity contribution is -0.140. The van der Waals surface area contributed by atoms with Crippen LogP contribution in [-0.2, 0) is 17.8 Å². The highest BCUT2D eigenvalue weighted by atomic mass is 16.5. The number of fused-ring (bicyclic) bond motifs is 1. The van der Waals surface area contributed by atoms with Crippen molar-refractivity contribution in [3.63, 3.8) is 0 Å². The molecule has 0 spiro atoms. The number of ether oxygens (including phenoxy) is 1. The highest BCUT2D eigenvalue weighted by molar-refractivity contribution is 5.79. The molecular formula is C21H21N3O3. The lowest BCUT2D eigenvalue weighted by atomic mass is 10.1. The SMILES string of the molecule is CCc1ccccc1OC1CN(C(=O)Cn2cnc3ccccc3c2=O)C1. The van der Waals surface area contributed by atoms with Crippen molar-refractivity contribution in [2.24, 2.45) is 0 Å². The Kier molecular flexibility index (Phi) is 4.62. The third-order valence-electron chi connectivity index (χ3n) is 4.89. The minimum absolute atomic E-state index is 0.00503. The molecule has 0 bridgehead atoms. The highest BCUT2D eigenvalue weighted by Crippen LogP contribution is 2.23. The average Bonchev–Trinajstić information content (AvgIpc) is 2.67. The Labute approximate surface area is 157 Å². The number of benzene rings is 2. The van der Waals surface area contributed by atoms with Crippen LogP contribution in [0, 0.1) is 0 Å². The number of rotatable bonds is 5. The summed E-state index contributed by atoms with van der Waals surface area (Å²) >= 11 is 0. The smallest absolute Gasteiger partial charge is 0.261 e. The van der Waals surface area contributed by atoms with E-state index in [-0.39, 0.29) is 24.1 Å². The molecule has 2 heterocycles. The topological polar surface area (TPSA) is 64.4 Å². The van der Waals surface area contributed by atoms with E-state index in [1.54, 1.807) is 23.1 Å². The molecule has 27 heavy (non-hydrogen) atoms. The standard InChI is InChI=1S/C21H21N3O3/c1-2-15-7-3-6-10-19(15)27-16-11-23(12-16)20(25)13-24-14-22-18-9-5-4-8-17(18)21(24)26/h3-10,14,16H,2,11-13H2,1H3. The van der Waals surface area contributed by atoms with Crippen LogP contribution in [0.3, 0.4) is 0 Å². The molecule has 1 amide bonds. The van der Waals surface area contributed by atoms with Gasteiger partial charge in [0.2, 0.25) is 5.91 Å². The molecule has 1 saturated heterocycles. The van der Waals surface area contributed by atoms with Crippen LogP contribution in [0.15, 0.2) is 59.7 Å². The summed E-state index contributed by atoms with van der Waals surface area (Å²) in [6, 6.07) is 15.1. The minimum Gasteiger partial charge on any atom is -0.486 e. The van der Waals surface area contributed by atoms with Gasteiger partial charge in [0.05, 0.1) is 30.3 Å². The van der Waals surface area contributed by atoms with E-state index in [0.717, 1.165) is 17.7 Å². The fourth-order valence-electron chi connectivity index (χ4n) is 3.27. The van der Waals surface area contributed by atoms with Crippen LogP contribution in [0.4, 0.5) is 0 Å². The van der Waals surface area contributed by atoms with E-state index in [1.165, 1.54) is 10.9 Å². The van der Waals surface area contributed by atoms with Crippen LogP contribution in [-0.4, -0.2) is 39.6 Å². The summed E-state index contributed by atoms with van der Waals surface area (Å²) in [6.07, 6.45) is 2.34. The molecule has 1 aromatic heterocycles. The second-order valence-corrected chi connectivity index (χ2v) is 6.69. The second-order valence-electron chi connectivity index (χ2n) is 6.69. The van der Waals surface area contributed by atoms with Crippen LogP contribution >= 0.6 is 0 Å².